The molecule has 20 heavy (non-hydrogen) atoms. The van der Waals surface area contributed by atoms with Gasteiger partial charge in [0.05, 0.1) is 0 Å². The lowest BCUT2D eigenvalue weighted by Crippen LogP contribution is -2.31. The molecular weight excluding hydrogens is 260 g/mol. The summed E-state index contributed by atoms with van der Waals surface area (Å²) in [6.07, 6.45) is 0.0182. The van der Waals surface area contributed by atoms with E-state index in [0.717, 1.165) is 11.1 Å². The topological polar surface area (TPSA) is 95.5 Å². The molecule has 0 aliphatic heterocycles. The number of hydrogen-bond donors (Lipinski definition) is 3. The van der Waals surface area contributed by atoms with Crippen LogP contribution in [0.1, 0.15) is 24.0 Å². The Balaban J connectivity index is 2.21. The highest BCUT2D eigenvalue weighted by Crippen LogP contribution is 2.02. The fourth-order valence-corrected chi connectivity index (χ4v) is 1.48. The standard InChI is InChI=1S/C14H18N2O4/c1-10-2-4-11(5-3-10)8-15-12(17)6-7-13(18)16-9-14(19)20/h2-5H,6-9H2,1H3,(H,15,17)(H,16,18)(H,19,20). The van der Waals surface area contributed by atoms with Crippen LogP contribution in [0.4, 0.5) is 0 Å². The Morgan fingerprint density at radius 3 is 2.10 bits per heavy atom. The van der Waals surface area contributed by atoms with E-state index in [0.29, 0.717) is 6.54 Å². The number of rotatable bonds is 7. The number of carbonyl (C=O) groups is 3. The Labute approximate surface area is 117 Å². The number of benzene rings is 1. The van der Waals surface area contributed by atoms with Gasteiger partial charge in [-0.3, -0.25) is 14.4 Å². The molecule has 0 saturated heterocycles. The lowest BCUT2D eigenvalue weighted by Gasteiger charge is -2.06. The lowest BCUT2D eigenvalue weighted by molar-refractivity contribution is -0.138. The average Bonchev–Trinajstić information content (AvgIpc) is 2.42. The quantitative estimate of drug-likeness (QED) is 0.680. The minimum absolute atomic E-state index is 0.0208. The van der Waals surface area contributed by atoms with Gasteiger partial charge in [0.1, 0.15) is 6.54 Å². The summed E-state index contributed by atoms with van der Waals surface area (Å²) in [4.78, 5) is 33.0. The van der Waals surface area contributed by atoms with Crippen molar-refractivity contribution in [1.82, 2.24) is 10.6 Å². The van der Waals surface area contributed by atoms with Crippen LogP contribution in [0.2, 0.25) is 0 Å². The summed E-state index contributed by atoms with van der Waals surface area (Å²) in [5.74, 6) is -1.80. The number of aliphatic carboxylic acids is 1. The predicted molar refractivity (Wildman–Crippen MR) is 72.9 cm³/mol. The number of carboxylic acids is 1. The molecule has 0 fully saturated rings. The Morgan fingerprint density at radius 2 is 1.55 bits per heavy atom. The van der Waals surface area contributed by atoms with E-state index < -0.39 is 18.4 Å². The lowest BCUT2D eigenvalue weighted by atomic mass is 10.1. The van der Waals surface area contributed by atoms with Gasteiger partial charge in [-0.25, -0.2) is 0 Å². The molecule has 0 radical (unpaired) electrons. The average molecular weight is 278 g/mol. The molecule has 1 aromatic rings. The number of amides is 2. The first-order valence-electron chi connectivity index (χ1n) is 6.28. The summed E-state index contributed by atoms with van der Waals surface area (Å²) in [6, 6.07) is 7.77. The molecule has 0 atom stereocenters. The minimum Gasteiger partial charge on any atom is -0.480 e. The van der Waals surface area contributed by atoms with E-state index in [1.54, 1.807) is 0 Å². The highest BCUT2D eigenvalue weighted by atomic mass is 16.4. The molecule has 108 valence electrons. The Morgan fingerprint density at radius 1 is 1.00 bits per heavy atom. The maximum absolute atomic E-state index is 11.5. The van der Waals surface area contributed by atoms with Crippen molar-refractivity contribution in [3.8, 4) is 0 Å². The van der Waals surface area contributed by atoms with Crippen LogP contribution in [0.15, 0.2) is 24.3 Å². The molecule has 1 rings (SSSR count). The van der Waals surface area contributed by atoms with Crippen molar-refractivity contribution < 1.29 is 19.5 Å². The minimum atomic E-state index is -1.11. The molecule has 2 amide bonds. The van der Waals surface area contributed by atoms with Crippen LogP contribution in [0, 0.1) is 6.92 Å². The maximum atomic E-state index is 11.5. The van der Waals surface area contributed by atoms with E-state index in [-0.39, 0.29) is 18.7 Å². The number of carboxylic acid groups (broad SMARTS) is 1. The molecule has 0 unspecified atom stereocenters. The van der Waals surface area contributed by atoms with E-state index in [9.17, 15) is 14.4 Å². The predicted octanol–water partition coefficient (Wildman–Crippen LogP) is 0.592. The zero-order chi connectivity index (χ0) is 15.0. The molecule has 0 saturated carbocycles. The number of carbonyl (C=O) groups excluding carboxylic acids is 2. The van der Waals surface area contributed by atoms with Crippen molar-refractivity contribution in [3.63, 3.8) is 0 Å². The molecule has 0 aliphatic carbocycles. The molecule has 0 spiro atoms. The third kappa shape index (κ3) is 6.53. The normalized spacial score (nSPS) is 9.85. The summed E-state index contributed by atoms with van der Waals surface area (Å²) in [6.45, 7) is 1.97. The molecule has 0 bridgehead atoms. The second kappa shape index (κ2) is 7.93. The summed E-state index contributed by atoms with van der Waals surface area (Å²) in [5, 5.41) is 13.3. The highest BCUT2D eigenvalue weighted by molar-refractivity contribution is 5.85. The van der Waals surface area contributed by atoms with Gasteiger partial charge < -0.3 is 15.7 Å². The Bertz CT molecular complexity index is 482. The summed E-state index contributed by atoms with van der Waals surface area (Å²) in [7, 11) is 0. The molecule has 0 heterocycles. The Hall–Kier alpha value is -2.37. The molecule has 6 nitrogen and oxygen atoms in total. The first kappa shape index (κ1) is 15.7. The summed E-state index contributed by atoms with van der Waals surface area (Å²) >= 11 is 0. The van der Waals surface area contributed by atoms with Crippen molar-refractivity contribution in [2.24, 2.45) is 0 Å². The second-order valence-electron chi connectivity index (χ2n) is 4.43. The molecule has 3 N–H and O–H groups in total. The maximum Gasteiger partial charge on any atom is 0.322 e. The fourth-order valence-electron chi connectivity index (χ4n) is 1.48. The van der Waals surface area contributed by atoms with E-state index in [2.05, 4.69) is 10.6 Å². The third-order valence-corrected chi connectivity index (χ3v) is 2.63. The van der Waals surface area contributed by atoms with Crippen LogP contribution in [0.5, 0.6) is 0 Å². The highest BCUT2D eigenvalue weighted by Gasteiger charge is 2.07. The SMILES string of the molecule is Cc1ccc(CNC(=O)CCC(=O)NCC(=O)O)cc1. The molecule has 6 heteroatoms. The number of nitrogens with one attached hydrogen (secondary N) is 2. The first-order chi connectivity index (χ1) is 9.47. The van der Waals surface area contributed by atoms with Crippen molar-refractivity contribution in [1.29, 1.82) is 0 Å². The first-order valence-corrected chi connectivity index (χ1v) is 6.28. The monoisotopic (exact) mass is 278 g/mol. The van der Waals surface area contributed by atoms with Crippen molar-refractivity contribution in [2.75, 3.05) is 6.54 Å². The van der Waals surface area contributed by atoms with Gasteiger partial charge in [0, 0.05) is 19.4 Å². The van der Waals surface area contributed by atoms with Crippen LogP contribution < -0.4 is 10.6 Å². The number of hydrogen-bond acceptors (Lipinski definition) is 3. The Kier molecular flexibility index (Phi) is 6.22. The molecular formula is C14H18N2O4. The number of aryl methyl sites for hydroxylation is 1. The van der Waals surface area contributed by atoms with E-state index in [1.165, 1.54) is 0 Å². The van der Waals surface area contributed by atoms with E-state index in [4.69, 9.17) is 5.11 Å². The van der Waals surface area contributed by atoms with Gasteiger partial charge in [0.2, 0.25) is 11.8 Å². The van der Waals surface area contributed by atoms with Gasteiger partial charge in [0.25, 0.3) is 0 Å². The van der Waals surface area contributed by atoms with Crippen molar-refractivity contribution in [2.45, 2.75) is 26.3 Å². The largest absolute Gasteiger partial charge is 0.480 e. The van der Waals surface area contributed by atoms with Gasteiger partial charge in [-0.1, -0.05) is 29.8 Å². The molecule has 1 aromatic carbocycles. The van der Waals surface area contributed by atoms with Gasteiger partial charge in [-0.2, -0.15) is 0 Å². The van der Waals surface area contributed by atoms with E-state index in [1.807, 2.05) is 31.2 Å². The van der Waals surface area contributed by atoms with Crippen LogP contribution in [0.25, 0.3) is 0 Å². The summed E-state index contributed by atoms with van der Waals surface area (Å²) < 4.78 is 0. The van der Waals surface area contributed by atoms with Gasteiger partial charge >= 0.3 is 5.97 Å². The fraction of sp³-hybridized carbons (Fsp3) is 0.357. The van der Waals surface area contributed by atoms with Crippen molar-refractivity contribution in [3.05, 3.63) is 35.4 Å². The van der Waals surface area contributed by atoms with Gasteiger partial charge in [0.15, 0.2) is 0 Å². The smallest absolute Gasteiger partial charge is 0.322 e. The van der Waals surface area contributed by atoms with Crippen LogP contribution >= 0.6 is 0 Å². The second-order valence-corrected chi connectivity index (χ2v) is 4.43. The third-order valence-electron chi connectivity index (χ3n) is 2.63. The summed E-state index contributed by atoms with van der Waals surface area (Å²) in [5.41, 5.74) is 2.13. The van der Waals surface area contributed by atoms with E-state index >= 15 is 0 Å². The zero-order valence-corrected chi connectivity index (χ0v) is 11.3. The van der Waals surface area contributed by atoms with Gasteiger partial charge in [-0.05, 0) is 12.5 Å². The van der Waals surface area contributed by atoms with Gasteiger partial charge in [-0.15, -0.1) is 0 Å². The van der Waals surface area contributed by atoms with Crippen LogP contribution in [0.3, 0.4) is 0 Å². The molecule has 0 aliphatic rings. The van der Waals surface area contributed by atoms with Crippen LogP contribution in [-0.2, 0) is 20.9 Å². The van der Waals surface area contributed by atoms with Crippen molar-refractivity contribution >= 4 is 17.8 Å². The zero-order valence-electron chi connectivity index (χ0n) is 11.3. The molecule has 0 aromatic heterocycles. The van der Waals surface area contributed by atoms with Crippen LogP contribution in [-0.4, -0.2) is 29.4 Å².